The van der Waals surface area contributed by atoms with Gasteiger partial charge in [0.05, 0.1) is 6.04 Å². The van der Waals surface area contributed by atoms with Crippen LogP contribution < -0.4 is 5.32 Å². The zero-order chi connectivity index (χ0) is 12.1. The third kappa shape index (κ3) is 3.38. The number of nitrogens with zero attached hydrogens (tertiary/aromatic N) is 1. The molecule has 1 aromatic heterocycles. The standard InChI is InChI=1S/C14H18N2S/c1-11(13-6-4-3-5-7-13)10-16-12(2)14-15-8-9-17-14/h3-9,11-12,16H,10H2,1-2H3. The van der Waals surface area contributed by atoms with Crippen molar-refractivity contribution in [2.75, 3.05) is 6.54 Å². The van der Waals surface area contributed by atoms with Crippen molar-refractivity contribution in [1.29, 1.82) is 0 Å². The van der Waals surface area contributed by atoms with E-state index in [4.69, 9.17) is 0 Å². The smallest absolute Gasteiger partial charge is 0.109 e. The van der Waals surface area contributed by atoms with Crippen LogP contribution in [0.5, 0.6) is 0 Å². The second kappa shape index (κ2) is 5.94. The second-order valence-corrected chi connectivity index (χ2v) is 5.24. The van der Waals surface area contributed by atoms with E-state index < -0.39 is 0 Å². The Hall–Kier alpha value is -1.19. The van der Waals surface area contributed by atoms with Crippen molar-refractivity contribution >= 4 is 11.3 Å². The number of thiazole rings is 1. The summed E-state index contributed by atoms with van der Waals surface area (Å²) in [7, 11) is 0. The van der Waals surface area contributed by atoms with Gasteiger partial charge in [-0.1, -0.05) is 37.3 Å². The van der Waals surface area contributed by atoms with Crippen LogP contribution in [0.1, 0.15) is 36.4 Å². The molecular formula is C14H18N2S. The van der Waals surface area contributed by atoms with E-state index in [1.807, 2.05) is 11.6 Å². The van der Waals surface area contributed by atoms with Gasteiger partial charge in [0.1, 0.15) is 5.01 Å². The molecular weight excluding hydrogens is 228 g/mol. The van der Waals surface area contributed by atoms with Gasteiger partial charge in [0, 0.05) is 18.1 Å². The van der Waals surface area contributed by atoms with Crippen molar-refractivity contribution in [3.63, 3.8) is 0 Å². The molecule has 2 atom stereocenters. The van der Waals surface area contributed by atoms with E-state index >= 15 is 0 Å². The van der Waals surface area contributed by atoms with Crippen molar-refractivity contribution in [2.45, 2.75) is 25.8 Å². The molecule has 0 saturated heterocycles. The zero-order valence-electron chi connectivity index (χ0n) is 10.3. The van der Waals surface area contributed by atoms with Crippen molar-refractivity contribution < 1.29 is 0 Å². The van der Waals surface area contributed by atoms with Crippen molar-refractivity contribution in [1.82, 2.24) is 10.3 Å². The first kappa shape index (κ1) is 12.3. The Balaban J connectivity index is 1.86. The molecule has 0 bridgehead atoms. The Kier molecular flexibility index (Phi) is 4.29. The maximum Gasteiger partial charge on any atom is 0.109 e. The van der Waals surface area contributed by atoms with Gasteiger partial charge in [-0.25, -0.2) is 4.98 Å². The number of benzene rings is 1. The van der Waals surface area contributed by atoms with Crippen LogP contribution in [-0.4, -0.2) is 11.5 Å². The van der Waals surface area contributed by atoms with Crippen LogP contribution in [0.3, 0.4) is 0 Å². The largest absolute Gasteiger partial charge is 0.308 e. The summed E-state index contributed by atoms with van der Waals surface area (Å²) in [5.41, 5.74) is 1.38. The van der Waals surface area contributed by atoms with Crippen LogP contribution in [0, 0.1) is 0 Å². The number of hydrogen-bond acceptors (Lipinski definition) is 3. The monoisotopic (exact) mass is 246 g/mol. The first-order valence-electron chi connectivity index (χ1n) is 5.95. The molecule has 3 heteroatoms. The molecule has 0 fully saturated rings. The molecule has 2 nitrogen and oxygen atoms in total. The third-order valence-electron chi connectivity index (χ3n) is 2.92. The molecule has 1 aromatic carbocycles. The zero-order valence-corrected chi connectivity index (χ0v) is 11.1. The first-order valence-corrected chi connectivity index (χ1v) is 6.83. The topological polar surface area (TPSA) is 24.9 Å². The van der Waals surface area contributed by atoms with Crippen LogP contribution in [0.4, 0.5) is 0 Å². The predicted octanol–water partition coefficient (Wildman–Crippen LogP) is 3.60. The van der Waals surface area contributed by atoms with Gasteiger partial charge in [0.15, 0.2) is 0 Å². The van der Waals surface area contributed by atoms with Gasteiger partial charge in [-0.2, -0.15) is 0 Å². The average molecular weight is 246 g/mol. The predicted molar refractivity (Wildman–Crippen MR) is 73.4 cm³/mol. The molecule has 2 unspecified atom stereocenters. The molecule has 0 spiro atoms. The maximum atomic E-state index is 4.32. The summed E-state index contributed by atoms with van der Waals surface area (Å²) in [5.74, 6) is 0.526. The van der Waals surface area contributed by atoms with Crippen molar-refractivity contribution in [3.05, 3.63) is 52.5 Å². The average Bonchev–Trinajstić information content (AvgIpc) is 2.90. The van der Waals surface area contributed by atoms with Gasteiger partial charge in [-0.05, 0) is 18.4 Å². The second-order valence-electron chi connectivity index (χ2n) is 4.31. The molecule has 0 radical (unpaired) electrons. The molecule has 0 aliphatic heterocycles. The molecule has 1 N–H and O–H groups in total. The first-order chi connectivity index (χ1) is 8.27. The Morgan fingerprint density at radius 1 is 1.24 bits per heavy atom. The van der Waals surface area contributed by atoms with Gasteiger partial charge in [-0.3, -0.25) is 0 Å². The Morgan fingerprint density at radius 2 is 2.00 bits per heavy atom. The number of hydrogen-bond donors (Lipinski definition) is 1. The third-order valence-corrected chi connectivity index (χ3v) is 3.88. The summed E-state index contributed by atoms with van der Waals surface area (Å²) in [6.45, 7) is 5.39. The maximum absolute atomic E-state index is 4.32. The quantitative estimate of drug-likeness (QED) is 0.872. The Morgan fingerprint density at radius 3 is 2.65 bits per heavy atom. The number of rotatable bonds is 5. The molecule has 0 aliphatic carbocycles. The lowest BCUT2D eigenvalue weighted by Gasteiger charge is -2.16. The lowest BCUT2D eigenvalue weighted by Crippen LogP contribution is -2.23. The summed E-state index contributed by atoms with van der Waals surface area (Å²) < 4.78 is 0. The molecule has 1 heterocycles. The minimum Gasteiger partial charge on any atom is -0.308 e. The van der Waals surface area contributed by atoms with E-state index in [9.17, 15) is 0 Å². The lowest BCUT2D eigenvalue weighted by molar-refractivity contribution is 0.535. The van der Waals surface area contributed by atoms with E-state index in [0.717, 1.165) is 11.6 Å². The van der Waals surface area contributed by atoms with Crippen LogP contribution in [0.25, 0.3) is 0 Å². The highest BCUT2D eigenvalue weighted by Gasteiger charge is 2.10. The minimum atomic E-state index is 0.334. The highest BCUT2D eigenvalue weighted by Crippen LogP contribution is 2.18. The van der Waals surface area contributed by atoms with Gasteiger partial charge >= 0.3 is 0 Å². The Labute approximate surface area is 107 Å². The lowest BCUT2D eigenvalue weighted by atomic mass is 10.0. The molecule has 2 rings (SSSR count). The molecule has 90 valence electrons. The summed E-state index contributed by atoms with van der Waals surface area (Å²) in [5, 5.41) is 6.71. The van der Waals surface area contributed by atoms with Gasteiger partial charge in [0.25, 0.3) is 0 Å². The normalized spacial score (nSPS) is 14.5. The van der Waals surface area contributed by atoms with Gasteiger partial charge < -0.3 is 5.32 Å². The van der Waals surface area contributed by atoms with Crippen LogP contribution in [-0.2, 0) is 0 Å². The van der Waals surface area contributed by atoms with Crippen molar-refractivity contribution in [3.8, 4) is 0 Å². The highest BCUT2D eigenvalue weighted by atomic mass is 32.1. The fourth-order valence-electron chi connectivity index (χ4n) is 1.79. The fraction of sp³-hybridized carbons (Fsp3) is 0.357. The molecule has 17 heavy (non-hydrogen) atoms. The molecule has 0 aliphatic rings. The van der Waals surface area contributed by atoms with Crippen LogP contribution >= 0.6 is 11.3 Å². The highest BCUT2D eigenvalue weighted by molar-refractivity contribution is 7.09. The molecule has 0 amide bonds. The van der Waals surface area contributed by atoms with Crippen LogP contribution in [0.15, 0.2) is 41.9 Å². The Bertz CT molecular complexity index is 425. The number of aromatic nitrogens is 1. The summed E-state index contributed by atoms with van der Waals surface area (Å²) in [6, 6.07) is 10.9. The van der Waals surface area contributed by atoms with E-state index in [1.165, 1.54) is 5.56 Å². The van der Waals surface area contributed by atoms with E-state index in [0.29, 0.717) is 12.0 Å². The van der Waals surface area contributed by atoms with Gasteiger partial charge in [0.2, 0.25) is 0 Å². The summed E-state index contributed by atoms with van der Waals surface area (Å²) in [6.07, 6.45) is 1.86. The van der Waals surface area contributed by atoms with E-state index in [2.05, 4.69) is 54.5 Å². The van der Waals surface area contributed by atoms with Gasteiger partial charge in [-0.15, -0.1) is 11.3 Å². The SMILES string of the molecule is CC(CNC(C)c1nccs1)c1ccccc1. The van der Waals surface area contributed by atoms with E-state index in [-0.39, 0.29) is 0 Å². The fourth-order valence-corrected chi connectivity index (χ4v) is 2.46. The minimum absolute atomic E-state index is 0.334. The number of nitrogens with one attached hydrogen (secondary N) is 1. The van der Waals surface area contributed by atoms with E-state index in [1.54, 1.807) is 11.3 Å². The van der Waals surface area contributed by atoms with Crippen molar-refractivity contribution in [2.24, 2.45) is 0 Å². The van der Waals surface area contributed by atoms with Crippen LogP contribution in [0.2, 0.25) is 0 Å². The molecule has 2 aromatic rings. The molecule has 0 saturated carbocycles. The summed E-state index contributed by atoms with van der Waals surface area (Å²) in [4.78, 5) is 4.32. The summed E-state index contributed by atoms with van der Waals surface area (Å²) >= 11 is 1.70.